The van der Waals surface area contributed by atoms with Crippen molar-refractivity contribution < 1.29 is 38.0 Å². The van der Waals surface area contributed by atoms with E-state index in [-0.39, 0.29) is 11.9 Å². The molecular weight excluding hydrogens is 790 g/mol. The Balaban J connectivity index is 1.00. The maximum atomic E-state index is 13.7. The van der Waals surface area contributed by atoms with Gasteiger partial charge in [0.1, 0.15) is 29.1 Å². The van der Waals surface area contributed by atoms with Crippen LogP contribution in [0.15, 0.2) is 144 Å². The van der Waals surface area contributed by atoms with Gasteiger partial charge in [-0.05, 0) is 112 Å². The van der Waals surface area contributed by atoms with E-state index in [9.17, 15) is 9.59 Å². The van der Waals surface area contributed by atoms with Crippen LogP contribution in [0.3, 0.4) is 0 Å². The highest BCUT2D eigenvalue weighted by Gasteiger charge is 2.25. The Morgan fingerprint density at radius 2 is 1.31 bits per heavy atom. The predicted molar refractivity (Wildman–Crippen MR) is 238 cm³/mol. The summed E-state index contributed by atoms with van der Waals surface area (Å²) in [5.74, 6) is 0.750. The van der Waals surface area contributed by atoms with Crippen LogP contribution in [-0.4, -0.2) is 57.8 Å². The molecule has 61 heavy (non-hydrogen) atoms. The van der Waals surface area contributed by atoms with Gasteiger partial charge in [0.15, 0.2) is 0 Å². The molecule has 0 spiro atoms. The van der Waals surface area contributed by atoms with Gasteiger partial charge in [-0.3, -0.25) is 4.99 Å². The first-order valence-electron chi connectivity index (χ1n) is 20.0. The number of methoxy groups -OCH3 is 1. The number of allylic oxidation sites excluding steroid dienone is 1. The van der Waals surface area contributed by atoms with Crippen molar-refractivity contribution in [3.63, 3.8) is 0 Å². The highest BCUT2D eigenvalue weighted by atomic mass is 35.5. The molecule has 1 unspecified atom stereocenters. The number of ether oxygens (including phenoxy) is 6. The van der Waals surface area contributed by atoms with E-state index < -0.39 is 11.9 Å². The third-order valence-electron chi connectivity index (χ3n) is 10.7. The van der Waals surface area contributed by atoms with Crippen LogP contribution in [-0.2, 0) is 9.47 Å². The van der Waals surface area contributed by atoms with Crippen LogP contribution in [0.1, 0.15) is 50.8 Å². The van der Waals surface area contributed by atoms with Gasteiger partial charge in [-0.2, -0.15) is 0 Å². The Labute approximate surface area is 357 Å². The van der Waals surface area contributed by atoms with Gasteiger partial charge >= 0.3 is 11.9 Å². The number of esters is 2. The molecule has 9 nitrogen and oxygen atoms in total. The lowest BCUT2D eigenvalue weighted by atomic mass is 10.0. The predicted octanol–water partition coefficient (Wildman–Crippen LogP) is 11.2. The summed E-state index contributed by atoms with van der Waals surface area (Å²) in [7, 11) is 1.60. The maximum absolute atomic E-state index is 13.7. The molecule has 9 rings (SSSR count). The summed E-state index contributed by atoms with van der Waals surface area (Å²) in [6.07, 6.45) is 2.69. The quantitative estimate of drug-likeness (QED) is 0.0351. The summed E-state index contributed by atoms with van der Waals surface area (Å²) in [6, 6.07) is 41.1. The van der Waals surface area contributed by atoms with Crippen molar-refractivity contribution in [2.75, 3.05) is 33.5 Å². The number of fused-ring (bicyclic) bond motifs is 5. The van der Waals surface area contributed by atoms with Gasteiger partial charge < -0.3 is 28.4 Å². The number of aliphatic imine (C=N–C) groups is 1. The number of carbonyl (C=O) groups is 2. The first-order valence-corrected chi connectivity index (χ1v) is 20.4. The lowest BCUT2D eigenvalue weighted by molar-refractivity contribution is 0.0725. The zero-order chi connectivity index (χ0) is 41.9. The van der Waals surface area contributed by atoms with Crippen molar-refractivity contribution in [3.8, 4) is 34.1 Å². The molecule has 304 valence electrons. The number of hydrogen-bond acceptors (Lipinski definition) is 9. The summed E-state index contributed by atoms with van der Waals surface area (Å²) >= 11 is 6.71. The zero-order valence-electron chi connectivity index (χ0n) is 33.5. The van der Waals surface area contributed by atoms with E-state index in [0.29, 0.717) is 69.6 Å². The molecule has 1 atom stereocenters. The molecule has 0 bridgehead atoms. The van der Waals surface area contributed by atoms with Gasteiger partial charge in [0.25, 0.3) is 0 Å². The highest BCUT2D eigenvalue weighted by Crippen LogP contribution is 2.45. The van der Waals surface area contributed by atoms with E-state index in [1.807, 2.05) is 49.4 Å². The molecule has 1 fully saturated rings. The van der Waals surface area contributed by atoms with Crippen molar-refractivity contribution in [2.24, 2.45) is 4.99 Å². The molecular formula is C51H40ClNO8. The van der Waals surface area contributed by atoms with Crippen LogP contribution in [0.4, 0.5) is 0 Å². The second-order valence-electron chi connectivity index (χ2n) is 14.7. The van der Waals surface area contributed by atoms with E-state index in [4.69, 9.17) is 45.0 Å². The molecule has 7 aromatic carbocycles. The van der Waals surface area contributed by atoms with Gasteiger partial charge in [-0.1, -0.05) is 78.3 Å². The average molecular weight is 830 g/mol. The molecule has 7 aromatic rings. The third kappa shape index (κ3) is 8.49. The summed E-state index contributed by atoms with van der Waals surface area (Å²) in [5.41, 5.74) is 7.54. The van der Waals surface area contributed by atoms with Crippen LogP contribution >= 0.6 is 11.6 Å². The van der Waals surface area contributed by atoms with E-state index in [1.165, 1.54) is 0 Å². The highest BCUT2D eigenvalue weighted by molar-refractivity contribution is 6.37. The fourth-order valence-electron chi connectivity index (χ4n) is 7.51. The minimum absolute atomic E-state index is 0.235. The Bertz CT molecular complexity index is 2830. The SMILES string of the molecule is COc1ccc2c(Cl)c(OC(=O)c3ccc4c(C=NC(C)=C5c6ccccc6-c6ccccc65)c(OC(=O)c5ccc(OCCCOCC6CO6)cc5)ccc4c3)ccc2c1. The summed E-state index contributed by atoms with van der Waals surface area (Å²) < 4.78 is 33.8. The smallest absolute Gasteiger partial charge is 0.343 e. The summed E-state index contributed by atoms with van der Waals surface area (Å²) in [4.78, 5) is 32.3. The van der Waals surface area contributed by atoms with Gasteiger partial charge in [-0.25, -0.2) is 9.59 Å². The van der Waals surface area contributed by atoms with Crippen molar-refractivity contribution in [3.05, 3.63) is 172 Å². The summed E-state index contributed by atoms with van der Waals surface area (Å²) in [6.45, 7) is 4.42. The minimum Gasteiger partial charge on any atom is -0.497 e. The maximum Gasteiger partial charge on any atom is 0.343 e. The number of hydrogen-bond donors (Lipinski definition) is 0. The van der Waals surface area contributed by atoms with Crippen molar-refractivity contribution in [1.82, 2.24) is 0 Å². The van der Waals surface area contributed by atoms with E-state index >= 15 is 0 Å². The average Bonchev–Trinajstić information content (AvgIpc) is 4.06. The molecule has 1 aliphatic heterocycles. The van der Waals surface area contributed by atoms with Crippen molar-refractivity contribution in [2.45, 2.75) is 19.4 Å². The van der Waals surface area contributed by atoms with E-state index in [0.717, 1.165) is 57.3 Å². The topological polar surface area (TPSA) is 105 Å². The molecule has 0 N–H and O–H groups in total. The number of carbonyl (C=O) groups excluding carboxylic acids is 2. The van der Waals surface area contributed by atoms with E-state index in [1.54, 1.807) is 80.1 Å². The minimum atomic E-state index is -0.578. The molecule has 10 heteroatoms. The summed E-state index contributed by atoms with van der Waals surface area (Å²) in [5, 5.41) is 3.33. The number of benzene rings is 7. The van der Waals surface area contributed by atoms with Gasteiger partial charge in [0, 0.05) is 41.5 Å². The monoisotopic (exact) mass is 829 g/mol. The lowest BCUT2D eigenvalue weighted by Gasteiger charge is -2.13. The number of nitrogens with zero attached hydrogens (tertiary/aromatic N) is 1. The fraction of sp³-hybridized carbons (Fsp3) is 0.157. The van der Waals surface area contributed by atoms with Gasteiger partial charge in [0.2, 0.25) is 0 Å². The molecule has 0 amide bonds. The number of epoxide rings is 1. The van der Waals surface area contributed by atoms with Crippen LogP contribution < -0.4 is 18.9 Å². The van der Waals surface area contributed by atoms with Crippen LogP contribution in [0.25, 0.3) is 38.2 Å². The first kappa shape index (κ1) is 39.7. The standard InChI is InChI=1S/C51H40ClNO8/c1-31(48-43-10-5-3-8-41(43)42-9-4-6-11-44(42)48)53-28-45-39-20-14-35(51(55)61-47-23-16-34-27-37(56-2)19-21-40(34)49(47)52)26-33(39)15-22-46(45)60-50(54)32-12-17-36(18-13-32)58-25-7-24-57-29-38-30-59-38/h3-6,8-23,26-28,38H,7,24-25,29-30H2,1-2H3. The molecule has 0 saturated carbocycles. The van der Waals surface area contributed by atoms with Crippen molar-refractivity contribution in [1.29, 1.82) is 0 Å². The largest absolute Gasteiger partial charge is 0.497 e. The van der Waals surface area contributed by atoms with Crippen LogP contribution in [0.5, 0.6) is 23.0 Å². The second-order valence-corrected chi connectivity index (χ2v) is 15.1. The number of rotatable bonds is 14. The lowest BCUT2D eigenvalue weighted by Crippen LogP contribution is -2.11. The van der Waals surface area contributed by atoms with E-state index in [2.05, 4.69) is 24.3 Å². The van der Waals surface area contributed by atoms with Crippen LogP contribution in [0, 0.1) is 0 Å². The van der Waals surface area contributed by atoms with Crippen molar-refractivity contribution >= 4 is 56.9 Å². The molecule has 2 aliphatic rings. The Kier molecular flexibility index (Phi) is 11.3. The molecule has 1 saturated heterocycles. The molecule has 0 aromatic heterocycles. The fourth-order valence-corrected chi connectivity index (χ4v) is 7.78. The van der Waals surface area contributed by atoms with Gasteiger partial charge in [-0.15, -0.1) is 0 Å². The second kappa shape index (κ2) is 17.4. The Morgan fingerprint density at radius 3 is 2.02 bits per heavy atom. The Hall–Kier alpha value is -6.78. The molecule has 0 radical (unpaired) electrons. The van der Waals surface area contributed by atoms with Gasteiger partial charge in [0.05, 0.1) is 43.1 Å². The molecule has 1 aliphatic carbocycles. The molecule has 1 heterocycles. The number of halogens is 1. The van der Waals surface area contributed by atoms with Crippen LogP contribution in [0.2, 0.25) is 5.02 Å². The normalized spacial score (nSPS) is 13.9. The zero-order valence-corrected chi connectivity index (χ0v) is 34.2. The first-order chi connectivity index (χ1) is 29.8. The third-order valence-corrected chi connectivity index (χ3v) is 11.1. The Morgan fingerprint density at radius 1 is 0.705 bits per heavy atom.